The molecule has 1 unspecified atom stereocenters. The topological polar surface area (TPSA) is 98.8 Å². The van der Waals surface area contributed by atoms with E-state index in [4.69, 9.17) is 8.92 Å². The zero-order valence-corrected chi connectivity index (χ0v) is 17.7. The van der Waals surface area contributed by atoms with Gasteiger partial charge < -0.3 is 14.2 Å². The Morgan fingerprint density at radius 3 is 2.28 bits per heavy atom. The standard InChI is InChI=1S/C21H25NO6S/c1-15(23)22-14-19(20(24)27-21(2,3)4)16-9-8-10-17(13-16)28-29(25,26)18-11-6-5-7-12-18/h5-13,19H,14H2,1-4H3,(H,22,23). The van der Waals surface area contributed by atoms with Crippen LogP contribution in [0.2, 0.25) is 0 Å². The van der Waals surface area contributed by atoms with Crippen molar-refractivity contribution < 1.29 is 26.9 Å². The van der Waals surface area contributed by atoms with Crippen molar-refractivity contribution in [2.24, 2.45) is 0 Å². The third kappa shape index (κ3) is 6.90. The molecule has 0 fully saturated rings. The van der Waals surface area contributed by atoms with E-state index < -0.39 is 27.6 Å². The molecule has 2 aromatic carbocycles. The number of hydrogen-bond donors (Lipinski definition) is 1. The first-order chi connectivity index (χ1) is 13.5. The Balaban J connectivity index is 2.31. The largest absolute Gasteiger partial charge is 0.459 e. The van der Waals surface area contributed by atoms with Crippen molar-refractivity contribution >= 4 is 22.0 Å². The van der Waals surface area contributed by atoms with Gasteiger partial charge in [0.15, 0.2) is 0 Å². The zero-order chi connectivity index (χ0) is 21.7. The molecule has 156 valence electrons. The number of ether oxygens (including phenoxy) is 1. The van der Waals surface area contributed by atoms with Crippen LogP contribution in [0, 0.1) is 0 Å². The van der Waals surface area contributed by atoms with Crippen LogP contribution >= 0.6 is 0 Å². The molecule has 1 amide bonds. The normalized spacial score (nSPS) is 12.7. The summed E-state index contributed by atoms with van der Waals surface area (Å²) in [5.74, 6) is -1.59. The summed E-state index contributed by atoms with van der Waals surface area (Å²) in [5, 5.41) is 2.61. The molecule has 1 atom stereocenters. The van der Waals surface area contributed by atoms with Gasteiger partial charge in [0.2, 0.25) is 5.91 Å². The van der Waals surface area contributed by atoms with Gasteiger partial charge in [0.25, 0.3) is 0 Å². The highest BCUT2D eigenvalue weighted by molar-refractivity contribution is 7.87. The van der Waals surface area contributed by atoms with E-state index in [2.05, 4.69) is 5.32 Å². The summed E-state index contributed by atoms with van der Waals surface area (Å²) >= 11 is 0. The van der Waals surface area contributed by atoms with Crippen LogP contribution in [0.5, 0.6) is 5.75 Å². The fourth-order valence-corrected chi connectivity index (χ4v) is 3.44. The van der Waals surface area contributed by atoms with Crippen molar-refractivity contribution in [1.29, 1.82) is 0 Å². The maximum absolute atomic E-state index is 12.7. The highest BCUT2D eigenvalue weighted by atomic mass is 32.2. The molecular formula is C21H25NO6S. The highest BCUT2D eigenvalue weighted by Crippen LogP contribution is 2.26. The summed E-state index contributed by atoms with van der Waals surface area (Å²) in [6.45, 7) is 6.59. The van der Waals surface area contributed by atoms with Gasteiger partial charge in [-0.2, -0.15) is 8.42 Å². The number of hydrogen-bond acceptors (Lipinski definition) is 6. The predicted octanol–water partition coefficient (Wildman–Crippen LogP) is 3.02. The zero-order valence-electron chi connectivity index (χ0n) is 16.8. The predicted molar refractivity (Wildman–Crippen MR) is 108 cm³/mol. The monoisotopic (exact) mass is 419 g/mol. The lowest BCUT2D eigenvalue weighted by atomic mass is 9.98. The van der Waals surface area contributed by atoms with Crippen molar-refractivity contribution in [2.45, 2.75) is 44.1 Å². The highest BCUT2D eigenvalue weighted by Gasteiger charge is 2.27. The lowest BCUT2D eigenvalue weighted by Crippen LogP contribution is -2.34. The van der Waals surface area contributed by atoms with Gasteiger partial charge in [0.1, 0.15) is 16.2 Å². The van der Waals surface area contributed by atoms with Gasteiger partial charge in [-0.25, -0.2) is 0 Å². The van der Waals surface area contributed by atoms with E-state index in [1.54, 1.807) is 51.1 Å². The summed E-state index contributed by atoms with van der Waals surface area (Å²) in [5.41, 5.74) is -0.246. The van der Waals surface area contributed by atoms with Crippen LogP contribution in [0.4, 0.5) is 0 Å². The molecule has 2 rings (SSSR count). The number of benzene rings is 2. The van der Waals surface area contributed by atoms with Gasteiger partial charge in [0, 0.05) is 13.5 Å². The first-order valence-corrected chi connectivity index (χ1v) is 10.5. The molecule has 0 aromatic heterocycles. The Bertz CT molecular complexity index is 964. The summed E-state index contributed by atoms with van der Waals surface area (Å²) in [4.78, 5) is 24.0. The lowest BCUT2D eigenvalue weighted by Gasteiger charge is -2.24. The second-order valence-corrected chi connectivity index (χ2v) is 8.99. The van der Waals surface area contributed by atoms with E-state index in [0.717, 1.165) is 0 Å². The first-order valence-electron chi connectivity index (χ1n) is 9.05. The minimum Gasteiger partial charge on any atom is -0.459 e. The van der Waals surface area contributed by atoms with Crippen molar-refractivity contribution in [3.63, 3.8) is 0 Å². The molecule has 0 aliphatic carbocycles. The molecular weight excluding hydrogens is 394 g/mol. The molecule has 0 aliphatic heterocycles. The molecule has 29 heavy (non-hydrogen) atoms. The SMILES string of the molecule is CC(=O)NCC(C(=O)OC(C)(C)C)c1cccc(OS(=O)(=O)c2ccccc2)c1. The second-order valence-electron chi connectivity index (χ2n) is 7.45. The van der Waals surface area contributed by atoms with E-state index in [9.17, 15) is 18.0 Å². The lowest BCUT2D eigenvalue weighted by molar-refractivity contribution is -0.156. The number of esters is 1. The third-order valence-electron chi connectivity index (χ3n) is 3.74. The molecule has 0 aliphatic rings. The van der Waals surface area contributed by atoms with Crippen molar-refractivity contribution in [2.75, 3.05) is 6.54 Å². The summed E-state index contributed by atoms with van der Waals surface area (Å²) < 4.78 is 35.6. The van der Waals surface area contributed by atoms with Crippen LogP contribution in [0.25, 0.3) is 0 Å². The van der Waals surface area contributed by atoms with Gasteiger partial charge in [-0.15, -0.1) is 0 Å². The summed E-state index contributed by atoms with van der Waals surface area (Å²) in [6, 6.07) is 13.9. The molecule has 0 saturated carbocycles. The average Bonchev–Trinajstić information content (AvgIpc) is 2.61. The second kappa shape index (κ2) is 9.09. The van der Waals surface area contributed by atoms with Crippen LogP contribution in [-0.4, -0.2) is 32.4 Å². The maximum Gasteiger partial charge on any atom is 0.339 e. The van der Waals surface area contributed by atoms with Crippen LogP contribution in [0.1, 0.15) is 39.2 Å². The van der Waals surface area contributed by atoms with E-state index in [1.807, 2.05) is 0 Å². The fourth-order valence-electron chi connectivity index (χ4n) is 2.50. The smallest absolute Gasteiger partial charge is 0.339 e. The number of rotatable bonds is 7. The Morgan fingerprint density at radius 2 is 1.69 bits per heavy atom. The quantitative estimate of drug-likeness (QED) is 0.547. The third-order valence-corrected chi connectivity index (χ3v) is 5.01. The molecule has 8 heteroatoms. The molecule has 0 saturated heterocycles. The summed E-state index contributed by atoms with van der Waals surface area (Å²) in [6.07, 6.45) is 0. The van der Waals surface area contributed by atoms with Crippen molar-refractivity contribution in [3.05, 3.63) is 60.2 Å². The van der Waals surface area contributed by atoms with Gasteiger partial charge >= 0.3 is 16.1 Å². The van der Waals surface area contributed by atoms with Crippen molar-refractivity contribution in [3.8, 4) is 5.75 Å². The van der Waals surface area contributed by atoms with Gasteiger partial charge in [-0.05, 0) is 50.6 Å². The van der Waals surface area contributed by atoms with Gasteiger partial charge in [0.05, 0.1) is 5.92 Å². The fraction of sp³-hybridized carbons (Fsp3) is 0.333. The molecule has 0 heterocycles. The molecule has 1 N–H and O–H groups in total. The van der Waals surface area contributed by atoms with Gasteiger partial charge in [-0.1, -0.05) is 30.3 Å². The molecule has 0 bridgehead atoms. The van der Waals surface area contributed by atoms with E-state index in [-0.39, 0.29) is 23.1 Å². The van der Waals surface area contributed by atoms with Crippen LogP contribution in [-0.2, 0) is 24.4 Å². The van der Waals surface area contributed by atoms with E-state index in [0.29, 0.717) is 5.56 Å². The Morgan fingerprint density at radius 1 is 1.03 bits per heavy atom. The molecule has 0 radical (unpaired) electrons. The van der Waals surface area contributed by atoms with Crippen LogP contribution < -0.4 is 9.50 Å². The minimum absolute atomic E-state index is 0.0130. The molecule has 7 nitrogen and oxygen atoms in total. The van der Waals surface area contributed by atoms with Gasteiger partial charge in [-0.3, -0.25) is 9.59 Å². The summed E-state index contributed by atoms with van der Waals surface area (Å²) in [7, 11) is -4.02. The Labute approximate surface area is 171 Å². The number of carbonyl (C=O) groups is 2. The Hall–Kier alpha value is -2.87. The first kappa shape index (κ1) is 22.4. The maximum atomic E-state index is 12.7. The van der Waals surface area contributed by atoms with E-state index in [1.165, 1.54) is 31.2 Å². The van der Waals surface area contributed by atoms with Crippen molar-refractivity contribution in [1.82, 2.24) is 5.32 Å². The minimum atomic E-state index is -4.02. The molecule has 2 aromatic rings. The number of carbonyl (C=O) groups excluding carboxylic acids is 2. The van der Waals surface area contributed by atoms with Crippen LogP contribution in [0.3, 0.4) is 0 Å². The van der Waals surface area contributed by atoms with Crippen LogP contribution in [0.15, 0.2) is 59.5 Å². The van der Waals surface area contributed by atoms with E-state index >= 15 is 0 Å². The Kier molecular flexibility index (Phi) is 7.02. The average molecular weight is 419 g/mol. The molecule has 0 spiro atoms. The number of amides is 1. The number of nitrogens with one attached hydrogen (secondary N) is 1.